The molecule has 0 radical (unpaired) electrons. The van der Waals surface area contributed by atoms with E-state index >= 15 is 0 Å². The molecule has 1 aromatic heterocycles. The highest BCUT2D eigenvalue weighted by atomic mass is 35.5. The first kappa shape index (κ1) is 13.6. The van der Waals surface area contributed by atoms with Gasteiger partial charge in [0.15, 0.2) is 0 Å². The van der Waals surface area contributed by atoms with Crippen molar-refractivity contribution in [3.8, 4) is 11.8 Å². The van der Waals surface area contributed by atoms with Crippen LogP contribution in [0.25, 0.3) is 16.7 Å². The Morgan fingerprint density at radius 2 is 2.14 bits per heavy atom. The zero-order valence-electron chi connectivity index (χ0n) is 11.3. The zero-order valence-corrected chi connectivity index (χ0v) is 12.0. The average Bonchev–Trinajstić information content (AvgIpc) is 2.85. The summed E-state index contributed by atoms with van der Waals surface area (Å²) >= 11 is 5.99. The second-order valence-corrected chi connectivity index (χ2v) is 4.98. The molecule has 0 aliphatic carbocycles. The van der Waals surface area contributed by atoms with Gasteiger partial charge >= 0.3 is 0 Å². The van der Waals surface area contributed by atoms with Crippen LogP contribution in [-0.4, -0.2) is 9.55 Å². The molecule has 3 rings (SSSR count). The number of hydrogen-bond acceptors (Lipinski definition) is 2. The van der Waals surface area contributed by atoms with Gasteiger partial charge in [0.05, 0.1) is 22.6 Å². The van der Waals surface area contributed by atoms with Gasteiger partial charge < -0.3 is 0 Å². The molecule has 104 valence electrons. The first-order chi connectivity index (χ1) is 10.2. The number of fused-ring (bicyclic) bond motifs is 1. The van der Waals surface area contributed by atoms with Gasteiger partial charge in [-0.2, -0.15) is 5.26 Å². The molecule has 21 heavy (non-hydrogen) atoms. The summed E-state index contributed by atoms with van der Waals surface area (Å²) in [5.41, 5.74) is 3.49. The molecule has 0 saturated carbocycles. The van der Waals surface area contributed by atoms with E-state index in [-0.39, 0.29) is 11.7 Å². The van der Waals surface area contributed by atoms with Crippen molar-refractivity contribution < 1.29 is 4.39 Å². The maximum absolute atomic E-state index is 13.3. The maximum Gasteiger partial charge on any atom is 0.129 e. The van der Waals surface area contributed by atoms with E-state index in [4.69, 9.17) is 11.6 Å². The third-order valence-electron chi connectivity index (χ3n) is 3.39. The highest BCUT2D eigenvalue weighted by Gasteiger charge is 2.15. The topological polar surface area (TPSA) is 41.6 Å². The lowest BCUT2D eigenvalue weighted by Gasteiger charge is -2.11. The summed E-state index contributed by atoms with van der Waals surface area (Å²) < 4.78 is 15.2. The van der Waals surface area contributed by atoms with Crippen LogP contribution in [0.1, 0.15) is 17.0 Å². The van der Waals surface area contributed by atoms with Crippen LogP contribution in [0.5, 0.6) is 0 Å². The van der Waals surface area contributed by atoms with Crippen LogP contribution in [0.3, 0.4) is 0 Å². The molecule has 0 fully saturated rings. The van der Waals surface area contributed by atoms with Crippen molar-refractivity contribution in [2.45, 2.75) is 12.8 Å². The van der Waals surface area contributed by atoms with E-state index in [1.54, 1.807) is 18.2 Å². The number of benzene rings is 2. The number of halogens is 2. The molecular weight excluding hydrogens is 289 g/mol. The monoisotopic (exact) mass is 299 g/mol. The minimum Gasteiger partial charge on any atom is -0.295 e. The summed E-state index contributed by atoms with van der Waals surface area (Å²) in [6.45, 7) is 1.83. The predicted octanol–water partition coefficient (Wildman–Crippen LogP) is 4.08. The molecule has 0 amide bonds. The van der Waals surface area contributed by atoms with Crippen molar-refractivity contribution in [2.24, 2.45) is 0 Å². The van der Waals surface area contributed by atoms with E-state index in [1.165, 1.54) is 12.1 Å². The lowest BCUT2D eigenvalue weighted by atomic mass is 10.1. The Hall–Kier alpha value is -2.38. The summed E-state index contributed by atoms with van der Waals surface area (Å²) in [5.74, 6) is 0.547. The molecule has 0 atom stereocenters. The van der Waals surface area contributed by atoms with Gasteiger partial charge in [0.2, 0.25) is 0 Å². The Labute approximate surface area is 126 Å². The van der Waals surface area contributed by atoms with Gasteiger partial charge in [0.25, 0.3) is 0 Å². The van der Waals surface area contributed by atoms with Gasteiger partial charge in [-0.25, -0.2) is 9.37 Å². The fourth-order valence-corrected chi connectivity index (χ4v) is 2.65. The number of aryl methyl sites for hydroxylation is 1. The zero-order chi connectivity index (χ0) is 15.0. The van der Waals surface area contributed by atoms with Crippen LogP contribution in [0.4, 0.5) is 4.39 Å². The predicted molar refractivity (Wildman–Crippen MR) is 80.0 cm³/mol. The SMILES string of the molecule is Cc1cc(F)ccc1-n1c(CCl)nc2c(C#N)cccc21. The summed E-state index contributed by atoms with van der Waals surface area (Å²) in [6, 6.07) is 12.1. The van der Waals surface area contributed by atoms with Crippen molar-refractivity contribution in [1.29, 1.82) is 5.26 Å². The molecule has 3 aromatic rings. The quantitative estimate of drug-likeness (QED) is 0.669. The van der Waals surface area contributed by atoms with Crippen molar-refractivity contribution in [1.82, 2.24) is 9.55 Å². The van der Waals surface area contributed by atoms with E-state index in [0.717, 1.165) is 16.8 Å². The number of rotatable bonds is 2. The van der Waals surface area contributed by atoms with E-state index < -0.39 is 0 Å². The van der Waals surface area contributed by atoms with E-state index in [2.05, 4.69) is 11.1 Å². The number of alkyl halides is 1. The Balaban J connectivity index is 2.39. The average molecular weight is 300 g/mol. The highest BCUT2D eigenvalue weighted by molar-refractivity contribution is 6.17. The molecule has 0 N–H and O–H groups in total. The largest absolute Gasteiger partial charge is 0.295 e. The van der Waals surface area contributed by atoms with Gasteiger partial charge in [-0.05, 0) is 42.8 Å². The van der Waals surface area contributed by atoms with E-state index in [9.17, 15) is 9.65 Å². The van der Waals surface area contributed by atoms with E-state index in [1.807, 2.05) is 17.6 Å². The first-order valence-corrected chi connectivity index (χ1v) is 6.92. The molecule has 2 aromatic carbocycles. The van der Waals surface area contributed by atoms with Gasteiger partial charge in [-0.1, -0.05) is 6.07 Å². The smallest absolute Gasteiger partial charge is 0.129 e. The Morgan fingerprint density at radius 3 is 2.81 bits per heavy atom. The normalized spacial score (nSPS) is 10.8. The van der Waals surface area contributed by atoms with Gasteiger partial charge in [0.1, 0.15) is 23.2 Å². The maximum atomic E-state index is 13.3. The molecule has 0 bridgehead atoms. The van der Waals surface area contributed by atoms with Gasteiger partial charge in [-0.3, -0.25) is 4.57 Å². The molecule has 0 saturated heterocycles. The lowest BCUT2D eigenvalue weighted by Crippen LogP contribution is -2.01. The molecule has 0 aliphatic heterocycles. The number of hydrogen-bond donors (Lipinski definition) is 0. The number of imidazole rings is 1. The fourth-order valence-electron chi connectivity index (χ4n) is 2.47. The van der Waals surface area contributed by atoms with Crippen molar-refractivity contribution in [2.75, 3.05) is 0 Å². The third kappa shape index (κ3) is 2.16. The minimum absolute atomic E-state index is 0.205. The molecule has 5 heteroatoms. The van der Waals surface area contributed by atoms with Crippen LogP contribution in [-0.2, 0) is 5.88 Å². The number of nitrogens with zero attached hydrogens (tertiary/aromatic N) is 3. The number of aromatic nitrogens is 2. The highest BCUT2D eigenvalue weighted by Crippen LogP contribution is 2.27. The fraction of sp³-hybridized carbons (Fsp3) is 0.125. The van der Waals surface area contributed by atoms with Crippen molar-refractivity contribution in [3.63, 3.8) is 0 Å². The lowest BCUT2D eigenvalue weighted by molar-refractivity contribution is 0.626. The van der Waals surface area contributed by atoms with Crippen molar-refractivity contribution >= 4 is 22.6 Å². The summed E-state index contributed by atoms with van der Waals surface area (Å²) in [5, 5.41) is 9.19. The Bertz CT molecular complexity index is 877. The summed E-state index contributed by atoms with van der Waals surface area (Å²) in [4.78, 5) is 4.46. The minimum atomic E-state index is -0.286. The molecule has 1 heterocycles. The molecule has 0 aliphatic rings. The van der Waals surface area contributed by atoms with Crippen LogP contribution in [0, 0.1) is 24.1 Å². The molecule has 0 spiro atoms. The van der Waals surface area contributed by atoms with Gasteiger partial charge in [0, 0.05) is 0 Å². The van der Waals surface area contributed by atoms with Crippen molar-refractivity contribution in [3.05, 3.63) is 59.2 Å². The Morgan fingerprint density at radius 1 is 1.33 bits per heavy atom. The summed E-state index contributed by atoms with van der Waals surface area (Å²) in [7, 11) is 0. The summed E-state index contributed by atoms with van der Waals surface area (Å²) in [6.07, 6.45) is 0. The number of para-hydroxylation sites is 1. The van der Waals surface area contributed by atoms with Crippen LogP contribution >= 0.6 is 11.6 Å². The second kappa shape index (κ2) is 5.19. The second-order valence-electron chi connectivity index (χ2n) is 4.71. The number of nitriles is 1. The van der Waals surface area contributed by atoms with Crippen LogP contribution in [0.15, 0.2) is 36.4 Å². The first-order valence-electron chi connectivity index (χ1n) is 6.38. The third-order valence-corrected chi connectivity index (χ3v) is 3.63. The standard InChI is InChI=1S/C16H11ClFN3/c1-10-7-12(18)5-6-13(10)21-14-4-2-3-11(9-19)16(14)20-15(21)8-17/h2-7H,8H2,1H3. The van der Waals surface area contributed by atoms with Gasteiger partial charge in [-0.15, -0.1) is 11.6 Å². The Kier molecular flexibility index (Phi) is 3.36. The molecule has 3 nitrogen and oxygen atoms in total. The van der Waals surface area contributed by atoms with E-state index in [0.29, 0.717) is 16.9 Å². The van der Waals surface area contributed by atoms with Crippen LogP contribution < -0.4 is 0 Å². The molecule has 0 unspecified atom stereocenters. The van der Waals surface area contributed by atoms with Crippen LogP contribution in [0.2, 0.25) is 0 Å². The molecular formula is C16H11ClFN3.